The molecule has 0 fully saturated rings. The lowest BCUT2D eigenvalue weighted by molar-refractivity contribution is 0.413. The van der Waals surface area contributed by atoms with Crippen LogP contribution in [0.4, 0.5) is 0 Å². The Morgan fingerprint density at radius 1 is 0.818 bits per heavy atom. The third-order valence-corrected chi connectivity index (χ3v) is 7.83. The van der Waals surface area contributed by atoms with Crippen molar-refractivity contribution >= 4 is 19.9 Å². The number of nitrogens with one attached hydrogen (secondary N) is 1. The molecule has 0 spiro atoms. The van der Waals surface area contributed by atoms with Crippen molar-refractivity contribution in [3.8, 4) is 11.5 Å². The van der Waals surface area contributed by atoms with Crippen LogP contribution in [0, 0.1) is 0 Å². The molecule has 0 aliphatic rings. The van der Waals surface area contributed by atoms with Crippen molar-refractivity contribution < 1.29 is 26.3 Å². The van der Waals surface area contributed by atoms with Gasteiger partial charge in [-0.3, -0.25) is 0 Å². The molecule has 3 aromatic carbocycles. The maximum absolute atomic E-state index is 13.4. The predicted molar refractivity (Wildman–Crippen MR) is 127 cm³/mol. The summed E-state index contributed by atoms with van der Waals surface area (Å²) in [5.74, 6) is 1.02. The predicted octanol–water partition coefficient (Wildman–Crippen LogP) is 3.74. The summed E-state index contributed by atoms with van der Waals surface area (Å²) in [6, 6.07) is 18.3. The summed E-state index contributed by atoms with van der Waals surface area (Å²) < 4.78 is 62.7. The molecule has 0 unspecified atom stereocenters. The van der Waals surface area contributed by atoms with Gasteiger partial charge in [-0.2, -0.15) is 0 Å². The number of methoxy groups -OCH3 is 2. The van der Waals surface area contributed by atoms with Gasteiger partial charge < -0.3 is 9.47 Å². The van der Waals surface area contributed by atoms with E-state index in [0.717, 1.165) is 17.4 Å². The molecule has 3 aromatic rings. The lowest BCUT2D eigenvalue weighted by Gasteiger charge is -2.15. The van der Waals surface area contributed by atoms with Crippen LogP contribution in [0.15, 0.2) is 76.5 Å². The number of hydrogen-bond donors (Lipinski definition) is 1. The van der Waals surface area contributed by atoms with Crippen LogP contribution in [-0.4, -0.2) is 37.3 Å². The minimum Gasteiger partial charge on any atom is -0.497 e. The molecule has 0 aromatic heterocycles. The minimum absolute atomic E-state index is 0.161. The zero-order valence-corrected chi connectivity index (χ0v) is 20.5. The third kappa shape index (κ3) is 6.13. The Morgan fingerprint density at radius 3 is 1.94 bits per heavy atom. The average molecular weight is 490 g/mol. The standard InChI is InChI=1S/C24H27NO6S2/c1-17(25-32(4,26)27)19-7-5-18(6-8-19)15-20-9-10-22(31-3)16-24(20)33(28,29)23-13-11-21(30-2)12-14-23/h5-14,16-17,25H,15H2,1-4H3/t17-/m0/s1. The van der Waals surface area contributed by atoms with E-state index in [1.807, 2.05) is 24.3 Å². The van der Waals surface area contributed by atoms with Crippen LogP contribution in [0.5, 0.6) is 11.5 Å². The second kappa shape index (κ2) is 9.94. The van der Waals surface area contributed by atoms with E-state index in [1.165, 1.54) is 32.4 Å². The molecule has 0 saturated carbocycles. The van der Waals surface area contributed by atoms with Crippen molar-refractivity contribution in [3.05, 3.63) is 83.4 Å². The Kier molecular flexibility index (Phi) is 7.46. The topological polar surface area (TPSA) is 98.8 Å². The van der Waals surface area contributed by atoms with Crippen molar-refractivity contribution in [3.63, 3.8) is 0 Å². The van der Waals surface area contributed by atoms with Gasteiger partial charge in [-0.1, -0.05) is 30.3 Å². The fourth-order valence-corrected chi connectivity index (χ4v) is 5.76. The summed E-state index contributed by atoms with van der Waals surface area (Å²) in [5.41, 5.74) is 2.33. The van der Waals surface area contributed by atoms with Crippen LogP contribution >= 0.6 is 0 Å². The molecule has 1 atom stereocenters. The smallest absolute Gasteiger partial charge is 0.209 e. The van der Waals surface area contributed by atoms with Gasteiger partial charge in [0.1, 0.15) is 11.5 Å². The van der Waals surface area contributed by atoms with Crippen LogP contribution in [0.3, 0.4) is 0 Å². The molecule has 1 N–H and O–H groups in total. The first kappa shape index (κ1) is 24.8. The zero-order chi connectivity index (χ0) is 24.2. The lowest BCUT2D eigenvalue weighted by atomic mass is 10.0. The largest absolute Gasteiger partial charge is 0.497 e. The molecule has 7 nitrogen and oxygen atoms in total. The normalized spacial score (nSPS) is 12.8. The minimum atomic E-state index is -3.80. The van der Waals surface area contributed by atoms with E-state index in [-0.39, 0.29) is 15.8 Å². The van der Waals surface area contributed by atoms with Crippen LogP contribution < -0.4 is 14.2 Å². The highest BCUT2D eigenvalue weighted by Gasteiger charge is 2.23. The fourth-order valence-electron chi connectivity index (χ4n) is 3.47. The summed E-state index contributed by atoms with van der Waals surface area (Å²) >= 11 is 0. The van der Waals surface area contributed by atoms with Gasteiger partial charge in [-0.15, -0.1) is 0 Å². The van der Waals surface area contributed by atoms with Crippen LogP contribution in [-0.2, 0) is 26.3 Å². The van der Waals surface area contributed by atoms with Crippen LogP contribution in [0.2, 0.25) is 0 Å². The molecular weight excluding hydrogens is 462 g/mol. The molecule has 0 amide bonds. The molecule has 0 heterocycles. The van der Waals surface area contributed by atoms with Gasteiger partial charge in [0.05, 0.1) is 30.3 Å². The van der Waals surface area contributed by atoms with Gasteiger partial charge in [-0.25, -0.2) is 21.6 Å². The van der Waals surface area contributed by atoms with Gasteiger partial charge in [0.2, 0.25) is 19.9 Å². The fraction of sp³-hybridized carbons (Fsp3) is 0.250. The highest BCUT2D eigenvalue weighted by molar-refractivity contribution is 7.91. The monoisotopic (exact) mass is 489 g/mol. The Balaban J connectivity index is 1.94. The summed E-state index contributed by atoms with van der Waals surface area (Å²) in [6.45, 7) is 1.76. The molecule has 0 radical (unpaired) electrons. The average Bonchev–Trinajstić information content (AvgIpc) is 2.78. The lowest BCUT2D eigenvalue weighted by Crippen LogP contribution is -2.25. The third-order valence-electron chi connectivity index (χ3n) is 5.20. The van der Waals surface area contributed by atoms with Gasteiger partial charge in [0, 0.05) is 6.04 Å². The summed E-state index contributed by atoms with van der Waals surface area (Å²) in [5, 5.41) is 0. The molecular formula is C24H27NO6S2. The van der Waals surface area contributed by atoms with Crippen molar-refractivity contribution in [1.82, 2.24) is 4.72 Å². The zero-order valence-electron chi connectivity index (χ0n) is 18.9. The van der Waals surface area contributed by atoms with Crippen molar-refractivity contribution in [2.75, 3.05) is 20.5 Å². The van der Waals surface area contributed by atoms with Crippen molar-refractivity contribution in [1.29, 1.82) is 0 Å². The molecule has 9 heteroatoms. The van der Waals surface area contributed by atoms with E-state index in [0.29, 0.717) is 23.5 Å². The van der Waals surface area contributed by atoms with Gasteiger partial charge in [0.25, 0.3) is 0 Å². The van der Waals surface area contributed by atoms with E-state index >= 15 is 0 Å². The Hall–Kier alpha value is -2.88. The Bertz CT molecular complexity index is 1320. The number of rotatable bonds is 9. The quantitative estimate of drug-likeness (QED) is 0.492. The van der Waals surface area contributed by atoms with Crippen molar-refractivity contribution in [2.45, 2.75) is 29.2 Å². The van der Waals surface area contributed by atoms with E-state index in [9.17, 15) is 16.8 Å². The van der Waals surface area contributed by atoms with Gasteiger partial charge in [0.15, 0.2) is 0 Å². The highest BCUT2D eigenvalue weighted by Crippen LogP contribution is 2.30. The maximum atomic E-state index is 13.4. The first-order chi connectivity index (χ1) is 15.5. The Labute approximate surface area is 195 Å². The van der Waals surface area contributed by atoms with Crippen LogP contribution in [0.1, 0.15) is 29.7 Å². The number of ether oxygens (including phenoxy) is 2. The number of sulfone groups is 1. The summed E-state index contributed by atoms with van der Waals surface area (Å²) in [6.07, 6.45) is 1.50. The second-order valence-electron chi connectivity index (χ2n) is 7.68. The first-order valence-corrected chi connectivity index (χ1v) is 13.5. The molecule has 0 aliphatic heterocycles. The molecule has 0 aliphatic carbocycles. The number of sulfonamides is 1. The summed E-state index contributed by atoms with van der Waals surface area (Å²) in [7, 11) is -4.12. The van der Waals surface area contributed by atoms with Gasteiger partial charge >= 0.3 is 0 Å². The highest BCUT2D eigenvalue weighted by atomic mass is 32.2. The number of hydrogen-bond acceptors (Lipinski definition) is 6. The molecule has 33 heavy (non-hydrogen) atoms. The molecule has 3 rings (SSSR count). The van der Waals surface area contributed by atoms with E-state index in [2.05, 4.69) is 4.72 Å². The molecule has 176 valence electrons. The van der Waals surface area contributed by atoms with E-state index in [4.69, 9.17) is 9.47 Å². The first-order valence-electron chi connectivity index (χ1n) is 10.2. The molecule has 0 bridgehead atoms. The number of benzene rings is 3. The van der Waals surface area contributed by atoms with Crippen LogP contribution in [0.25, 0.3) is 0 Å². The van der Waals surface area contributed by atoms with Gasteiger partial charge in [-0.05, 0) is 66.4 Å². The maximum Gasteiger partial charge on any atom is 0.209 e. The Morgan fingerprint density at radius 2 is 1.39 bits per heavy atom. The van der Waals surface area contributed by atoms with E-state index in [1.54, 1.807) is 31.2 Å². The summed E-state index contributed by atoms with van der Waals surface area (Å²) in [4.78, 5) is 0.331. The second-order valence-corrected chi connectivity index (χ2v) is 11.4. The van der Waals surface area contributed by atoms with E-state index < -0.39 is 19.9 Å². The van der Waals surface area contributed by atoms with Crippen molar-refractivity contribution in [2.24, 2.45) is 0 Å². The SMILES string of the molecule is COc1ccc(S(=O)(=O)c2cc(OC)ccc2Cc2ccc([C@H](C)NS(C)(=O)=O)cc2)cc1. The molecule has 0 saturated heterocycles.